The van der Waals surface area contributed by atoms with E-state index in [1.165, 1.54) is 36.4 Å². The van der Waals surface area contributed by atoms with Gasteiger partial charge in [0.25, 0.3) is 11.6 Å². The van der Waals surface area contributed by atoms with Gasteiger partial charge < -0.3 is 14.4 Å². The highest BCUT2D eigenvalue weighted by atomic mass is 19.1. The van der Waals surface area contributed by atoms with Gasteiger partial charge in [-0.15, -0.1) is 0 Å². The molecule has 9 heteroatoms. The fraction of sp³-hybridized carbons (Fsp3) is 0.419. The Morgan fingerprint density at radius 3 is 2.35 bits per heavy atom. The highest BCUT2D eigenvalue weighted by Crippen LogP contribution is 2.26. The second-order valence-corrected chi connectivity index (χ2v) is 10.6. The minimum Gasteiger partial charge on any atom is -0.345 e. The first-order chi connectivity index (χ1) is 19.3. The zero-order valence-electron chi connectivity index (χ0n) is 23.2. The van der Waals surface area contributed by atoms with Crippen LogP contribution in [0.25, 0.3) is 0 Å². The molecule has 4 rings (SSSR count). The normalized spacial score (nSPS) is 14.5. The number of nitro benzene ring substituents is 1. The van der Waals surface area contributed by atoms with Crippen molar-refractivity contribution in [1.29, 1.82) is 0 Å². The molecule has 2 aromatic carbocycles. The number of benzene rings is 2. The Balaban J connectivity index is 1.56. The number of hydrogen-bond acceptors (Lipinski definition) is 4. The Bertz CT molecular complexity index is 1300. The van der Waals surface area contributed by atoms with Gasteiger partial charge in [0.2, 0.25) is 5.91 Å². The number of amides is 2. The maximum Gasteiger partial charge on any atom is 0.269 e. The molecular weight excluding hydrogens is 511 g/mol. The van der Waals surface area contributed by atoms with Gasteiger partial charge in [-0.05, 0) is 68.1 Å². The Morgan fingerprint density at radius 1 is 1.05 bits per heavy atom. The molecule has 0 spiro atoms. The topological polar surface area (TPSA) is 88.7 Å². The predicted molar refractivity (Wildman–Crippen MR) is 151 cm³/mol. The van der Waals surface area contributed by atoms with Crippen LogP contribution in [0.1, 0.15) is 74.0 Å². The standard InChI is InChI=1S/C31H37FN4O4/c1-3-23(2)34(31(38)25-13-17-28(18-14-25)36(39)40)22-30(37)35(27-8-5-4-6-9-27)21-29-10-7-19-33(29)20-24-11-15-26(32)16-12-24/h7,10-19,23,27H,3-6,8-9,20-22H2,1-2H3. The molecule has 1 fully saturated rings. The van der Waals surface area contributed by atoms with Gasteiger partial charge >= 0.3 is 0 Å². The molecule has 8 nitrogen and oxygen atoms in total. The molecule has 212 valence electrons. The second kappa shape index (κ2) is 13.4. The molecule has 2 amide bonds. The van der Waals surface area contributed by atoms with Gasteiger partial charge in [0, 0.05) is 48.2 Å². The Kier molecular flexibility index (Phi) is 9.69. The zero-order chi connectivity index (χ0) is 28.6. The molecule has 1 aliphatic carbocycles. The highest BCUT2D eigenvalue weighted by Gasteiger charge is 2.30. The maximum absolute atomic E-state index is 14.0. The maximum atomic E-state index is 14.0. The van der Waals surface area contributed by atoms with Crippen LogP contribution in [0.2, 0.25) is 0 Å². The minimum atomic E-state index is -0.502. The summed E-state index contributed by atoms with van der Waals surface area (Å²) in [5.41, 5.74) is 2.16. The van der Waals surface area contributed by atoms with Gasteiger partial charge in [-0.3, -0.25) is 19.7 Å². The summed E-state index contributed by atoms with van der Waals surface area (Å²) in [4.78, 5) is 41.5. The molecule has 1 aromatic heterocycles. The minimum absolute atomic E-state index is 0.0694. The van der Waals surface area contributed by atoms with E-state index in [0.717, 1.165) is 43.4 Å². The molecule has 1 unspecified atom stereocenters. The van der Waals surface area contributed by atoms with Gasteiger partial charge in [-0.2, -0.15) is 0 Å². The van der Waals surface area contributed by atoms with Crippen LogP contribution in [0.15, 0.2) is 66.9 Å². The van der Waals surface area contributed by atoms with Crippen molar-refractivity contribution in [2.24, 2.45) is 0 Å². The average Bonchev–Trinajstić information content (AvgIpc) is 3.41. The lowest BCUT2D eigenvalue weighted by molar-refractivity contribution is -0.384. The number of carbonyl (C=O) groups excluding carboxylic acids is 2. The lowest BCUT2D eigenvalue weighted by Gasteiger charge is -2.37. The molecule has 0 bridgehead atoms. The first-order valence-electron chi connectivity index (χ1n) is 14.0. The van der Waals surface area contributed by atoms with Gasteiger partial charge in [0.05, 0.1) is 11.5 Å². The number of nitrogens with zero attached hydrogens (tertiary/aromatic N) is 4. The summed E-state index contributed by atoms with van der Waals surface area (Å²) in [5, 5.41) is 11.1. The van der Waals surface area contributed by atoms with Gasteiger partial charge in [0.1, 0.15) is 12.4 Å². The van der Waals surface area contributed by atoms with E-state index in [-0.39, 0.29) is 41.9 Å². The lowest BCUT2D eigenvalue weighted by Crippen LogP contribution is -2.49. The van der Waals surface area contributed by atoms with Crippen molar-refractivity contribution in [2.75, 3.05) is 6.54 Å². The van der Waals surface area contributed by atoms with Crippen molar-refractivity contribution < 1.29 is 18.9 Å². The number of aromatic nitrogens is 1. The van der Waals surface area contributed by atoms with E-state index < -0.39 is 4.92 Å². The molecule has 0 aliphatic heterocycles. The van der Waals surface area contributed by atoms with Crippen LogP contribution in [-0.4, -0.2) is 49.7 Å². The Labute approximate surface area is 234 Å². The van der Waals surface area contributed by atoms with Gasteiger partial charge in [-0.25, -0.2) is 4.39 Å². The molecule has 1 aliphatic rings. The van der Waals surface area contributed by atoms with Crippen molar-refractivity contribution in [3.05, 3.63) is 99.6 Å². The second-order valence-electron chi connectivity index (χ2n) is 10.6. The van der Waals surface area contributed by atoms with Gasteiger partial charge in [0.15, 0.2) is 0 Å². The van der Waals surface area contributed by atoms with Crippen LogP contribution in [0.5, 0.6) is 0 Å². The van der Waals surface area contributed by atoms with Crippen LogP contribution in [0.3, 0.4) is 0 Å². The molecule has 1 heterocycles. The number of halogens is 1. The Morgan fingerprint density at radius 2 is 1.73 bits per heavy atom. The SMILES string of the molecule is CCC(C)N(CC(=O)N(Cc1cccn1Cc1ccc(F)cc1)C1CCCCC1)C(=O)c1ccc([N+](=O)[O-])cc1. The molecular formula is C31H37FN4O4. The molecule has 0 radical (unpaired) electrons. The van der Waals surface area contributed by atoms with Crippen LogP contribution in [0, 0.1) is 15.9 Å². The van der Waals surface area contributed by atoms with E-state index in [2.05, 4.69) is 4.57 Å². The largest absolute Gasteiger partial charge is 0.345 e. The number of nitro groups is 1. The van der Waals surface area contributed by atoms with Crippen LogP contribution in [-0.2, 0) is 17.9 Å². The third kappa shape index (κ3) is 7.14. The number of hydrogen-bond donors (Lipinski definition) is 0. The Hall–Kier alpha value is -4.01. The number of rotatable bonds is 11. The van der Waals surface area contributed by atoms with Crippen molar-refractivity contribution in [3.8, 4) is 0 Å². The summed E-state index contributed by atoms with van der Waals surface area (Å²) in [6.07, 6.45) is 7.73. The molecule has 3 aromatic rings. The smallest absolute Gasteiger partial charge is 0.269 e. The van der Waals surface area contributed by atoms with Crippen molar-refractivity contribution >= 4 is 17.5 Å². The summed E-state index contributed by atoms with van der Waals surface area (Å²) in [7, 11) is 0. The van der Waals surface area contributed by atoms with E-state index in [1.807, 2.05) is 37.1 Å². The predicted octanol–water partition coefficient (Wildman–Crippen LogP) is 6.19. The van der Waals surface area contributed by atoms with E-state index in [0.29, 0.717) is 25.1 Å². The van der Waals surface area contributed by atoms with E-state index >= 15 is 0 Å². The van der Waals surface area contributed by atoms with Crippen molar-refractivity contribution in [2.45, 2.75) is 77.5 Å². The van der Waals surface area contributed by atoms with Crippen molar-refractivity contribution in [3.63, 3.8) is 0 Å². The van der Waals surface area contributed by atoms with Crippen LogP contribution < -0.4 is 0 Å². The monoisotopic (exact) mass is 548 g/mol. The number of carbonyl (C=O) groups is 2. The van der Waals surface area contributed by atoms with Crippen LogP contribution >= 0.6 is 0 Å². The quantitative estimate of drug-likeness (QED) is 0.211. The molecule has 40 heavy (non-hydrogen) atoms. The fourth-order valence-corrected chi connectivity index (χ4v) is 5.30. The third-order valence-electron chi connectivity index (χ3n) is 7.87. The lowest BCUT2D eigenvalue weighted by atomic mass is 9.94. The summed E-state index contributed by atoms with van der Waals surface area (Å²) in [6, 6.07) is 15.8. The zero-order valence-corrected chi connectivity index (χ0v) is 23.2. The molecule has 0 N–H and O–H groups in total. The highest BCUT2D eigenvalue weighted by molar-refractivity contribution is 5.97. The van der Waals surface area contributed by atoms with Crippen molar-refractivity contribution in [1.82, 2.24) is 14.4 Å². The first-order valence-corrected chi connectivity index (χ1v) is 14.0. The van der Waals surface area contributed by atoms with E-state index in [4.69, 9.17) is 0 Å². The van der Waals surface area contributed by atoms with Gasteiger partial charge in [-0.1, -0.05) is 38.3 Å². The third-order valence-corrected chi connectivity index (χ3v) is 7.87. The molecule has 1 atom stereocenters. The summed E-state index contributed by atoms with van der Waals surface area (Å²) < 4.78 is 15.5. The first kappa shape index (κ1) is 29.0. The van der Waals surface area contributed by atoms with E-state index in [9.17, 15) is 24.1 Å². The molecule has 1 saturated carbocycles. The average molecular weight is 549 g/mol. The number of non-ortho nitro benzene ring substituents is 1. The molecule has 0 saturated heterocycles. The summed E-state index contributed by atoms with van der Waals surface area (Å²) in [6.45, 7) is 4.78. The fourth-order valence-electron chi connectivity index (χ4n) is 5.30. The summed E-state index contributed by atoms with van der Waals surface area (Å²) >= 11 is 0. The van der Waals surface area contributed by atoms with Crippen LogP contribution in [0.4, 0.5) is 10.1 Å². The summed E-state index contributed by atoms with van der Waals surface area (Å²) in [5.74, 6) is -0.711. The van der Waals surface area contributed by atoms with E-state index in [1.54, 1.807) is 17.0 Å².